The zero-order chi connectivity index (χ0) is 16.2. The van der Waals surface area contributed by atoms with Crippen molar-refractivity contribution in [2.45, 2.75) is 20.3 Å². The van der Waals surface area contributed by atoms with Gasteiger partial charge in [-0.05, 0) is 32.4 Å². The van der Waals surface area contributed by atoms with Crippen molar-refractivity contribution in [2.75, 3.05) is 6.54 Å². The first-order chi connectivity index (χ1) is 10.4. The molecule has 1 aromatic carbocycles. The van der Waals surface area contributed by atoms with Crippen LogP contribution >= 0.6 is 0 Å². The van der Waals surface area contributed by atoms with Crippen molar-refractivity contribution in [3.05, 3.63) is 42.3 Å². The van der Waals surface area contributed by atoms with Crippen LogP contribution in [-0.2, 0) is 4.79 Å². The molecule has 6 heteroatoms. The summed E-state index contributed by atoms with van der Waals surface area (Å²) in [5, 5.41) is 11.7. The molecule has 22 heavy (non-hydrogen) atoms. The van der Waals surface area contributed by atoms with Gasteiger partial charge in [-0.25, -0.2) is 4.98 Å². The van der Waals surface area contributed by atoms with Gasteiger partial charge >= 0.3 is 5.97 Å². The minimum absolute atomic E-state index is 0.173. The molecule has 2 aromatic rings. The Bertz CT molecular complexity index is 662. The van der Waals surface area contributed by atoms with Crippen molar-refractivity contribution in [3.63, 3.8) is 0 Å². The quantitative estimate of drug-likeness (QED) is 0.855. The zero-order valence-electron chi connectivity index (χ0n) is 12.5. The van der Waals surface area contributed by atoms with Crippen molar-refractivity contribution < 1.29 is 19.1 Å². The van der Waals surface area contributed by atoms with Gasteiger partial charge in [0.1, 0.15) is 6.26 Å². The lowest BCUT2D eigenvalue weighted by Gasteiger charge is -2.18. The smallest absolute Gasteiger partial charge is 0.309 e. The number of aromatic nitrogens is 1. The normalized spacial score (nSPS) is 11.2. The van der Waals surface area contributed by atoms with Gasteiger partial charge in [0, 0.05) is 12.1 Å². The maximum absolute atomic E-state index is 12.0. The van der Waals surface area contributed by atoms with E-state index in [1.165, 1.54) is 6.26 Å². The highest BCUT2D eigenvalue weighted by molar-refractivity contribution is 5.92. The third-order valence-electron chi connectivity index (χ3n) is 3.37. The Balaban J connectivity index is 1.94. The van der Waals surface area contributed by atoms with Gasteiger partial charge in [0.2, 0.25) is 5.89 Å². The number of carbonyl (C=O) groups is 2. The lowest BCUT2D eigenvalue weighted by molar-refractivity contribution is -0.147. The van der Waals surface area contributed by atoms with Gasteiger partial charge in [-0.3, -0.25) is 9.59 Å². The van der Waals surface area contributed by atoms with E-state index in [-0.39, 0.29) is 18.1 Å². The van der Waals surface area contributed by atoms with Gasteiger partial charge < -0.3 is 14.8 Å². The molecule has 116 valence electrons. The van der Waals surface area contributed by atoms with Gasteiger partial charge in [0.05, 0.1) is 5.41 Å². The minimum atomic E-state index is -0.894. The summed E-state index contributed by atoms with van der Waals surface area (Å²) in [5.74, 6) is -0.904. The molecule has 0 saturated carbocycles. The number of carboxylic acids is 1. The Morgan fingerprint density at radius 1 is 1.27 bits per heavy atom. The summed E-state index contributed by atoms with van der Waals surface area (Å²) < 4.78 is 5.29. The summed E-state index contributed by atoms with van der Waals surface area (Å²) in [6.07, 6.45) is 1.62. The van der Waals surface area contributed by atoms with Crippen LogP contribution in [0.5, 0.6) is 0 Å². The molecule has 2 rings (SSSR count). The Morgan fingerprint density at radius 3 is 2.59 bits per heavy atom. The Kier molecular flexibility index (Phi) is 4.60. The van der Waals surface area contributed by atoms with Gasteiger partial charge in [0.25, 0.3) is 5.91 Å². The van der Waals surface area contributed by atoms with Crippen LogP contribution in [-0.4, -0.2) is 28.5 Å². The standard InChI is InChI=1S/C16H18N2O4/c1-16(2,15(20)21)8-9-17-13(19)12-10-22-14(18-12)11-6-4-3-5-7-11/h3-7,10H,8-9H2,1-2H3,(H,17,19)(H,20,21). The summed E-state index contributed by atoms with van der Waals surface area (Å²) in [6.45, 7) is 3.49. The van der Waals surface area contributed by atoms with Crippen LogP contribution in [0.4, 0.5) is 0 Å². The molecule has 0 fully saturated rings. The van der Waals surface area contributed by atoms with E-state index in [2.05, 4.69) is 10.3 Å². The monoisotopic (exact) mass is 302 g/mol. The molecule has 0 unspecified atom stereocenters. The van der Waals surface area contributed by atoms with Crippen LogP contribution in [0.1, 0.15) is 30.8 Å². The second-order valence-electron chi connectivity index (χ2n) is 5.60. The maximum Gasteiger partial charge on any atom is 0.309 e. The van der Waals surface area contributed by atoms with E-state index in [4.69, 9.17) is 9.52 Å². The fourth-order valence-corrected chi connectivity index (χ4v) is 1.78. The van der Waals surface area contributed by atoms with E-state index < -0.39 is 11.4 Å². The van der Waals surface area contributed by atoms with Crippen molar-refractivity contribution in [1.82, 2.24) is 10.3 Å². The number of hydrogen-bond acceptors (Lipinski definition) is 4. The molecule has 6 nitrogen and oxygen atoms in total. The molecule has 0 aliphatic rings. The highest BCUT2D eigenvalue weighted by Crippen LogP contribution is 2.20. The number of hydrogen-bond donors (Lipinski definition) is 2. The summed E-state index contributed by atoms with van der Waals surface area (Å²) in [6, 6.07) is 9.26. The van der Waals surface area contributed by atoms with E-state index in [0.717, 1.165) is 5.56 Å². The van der Waals surface area contributed by atoms with Crippen LogP contribution in [0.25, 0.3) is 11.5 Å². The van der Waals surface area contributed by atoms with E-state index in [0.29, 0.717) is 12.3 Å². The van der Waals surface area contributed by atoms with Crippen molar-refractivity contribution in [2.24, 2.45) is 5.41 Å². The van der Waals surface area contributed by atoms with Crippen LogP contribution in [0.3, 0.4) is 0 Å². The second-order valence-corrected chi connectivity index (χ2v) is 5.60. The number of benzene rings is 1. The number of rotatable bonds is 6. The largest absolute Gasteiger partial charge is 0.481 e. The number of carboxylic acid groups (broad SMARTS) is 1. The van der Waals surface area contributed by atoms with Gasteiger partial charge in [-0.2, -0.15) is 0 Å². The molecule has 2 N–H and O–H groups in total. The van der Waals surface area contributed by atoms with Crippen molar-refractivity contribution in [3.8, 4) is 11.5 Å². The fraction of sp³-hybridized carbons (Fsp3) is 0.312. The first kappa shape index (κ1) is 15.8. The predicted octanol–water partition coefficient (Wildman–Crippen LogP) is 2.57. The van der Waals surface area contributed by atoms with Crippen molar-refractivity contribution in [1.29, 1.82) is 0 Å². The zero-order valence-corrected chi connectivity index (χ0v) is 12.5. The third-order valence-corrected chi connectivity index (χ3v) is 3.37. The molecule has 1 heterocycles. The topological polar surface area (TPSA) is 92.4 Å². The van der Waals surface area contributed by atoms with Crippen LogP contribution in [0.2, 0.25) is 0 Å². The number of nitrogens with zero attached hydrogens (tertiary/aromatic N) is 1. The number of amides is 1. The average molecular weight is 302 g/mol. The molecule has 0 atom stereocenters. The Hall–Kier alpha value is -2.63. The van der Waals surface area contributed by atoms with E-state index in [9.17, 15) is 9.59 Å². The molecule has 0 bridgehead atoms. The van der Waals surface area contributed by atoms with E-state index >= 15 is 0 Å². The number of carbonyl (C=O) groups excluding carboxylic acids is 1. The molecule has 0 radical (unpaired) electrons. The van der Waals surface area contributed by atoms with E-state index in [1.54, 1.807) is 13.8 Å². The molecule has 1 aromatic heterocycles. The van der Waals surface area contributed by atoms with Crippen molar-refractivity contribution >= 4 is 11.9 Å². The molecule has 0 saturated heterocycles. The lowest BCUT2D eigenvalue weighted by Crippen LogP contribution is -2.32. The Labute approximate surface area is 128 Å². The third kappa shape index (κ3) is 3.72. The molecule has 0 aliphatic carbocycles. The first-order valence-electron chi connectivity index (χ1n) is 6.93. The highest BCUT2D eigenvalue weighted by Gasteiger charge is 2.26. The van der Waals surface area contributed by atoms with Crippen LogP contribution < -0.4 is 5.32 Å². The van der Waals surface area contributed by atoms with Crippen LogP contribution in [0.15, 0.2) is 41.0 Å². The number of nitrogens with one attached hydrogen (secondary N) is 1. The molecule has 0 aliphatic heterocycles. The molecule has 1 amide bonds. The number of oxazole rings is 1. The summed E-state index contributed by atoms with van der Waals surface area (Å²) in [7, 11) is 0. The van der Waals surface area contributed by atoms with Crippen LogP contribution in [0, 0.1) is 5.41 Å². The van der Waals surface area contributed by atoms with Gasteiger partial charge in [0.15, 0.2) is 5.69 Å². The summed E-state index contributed by atoms with van der Waals surface area (Å²) >= 11 is 0. The highest BCUT2D eigenvalue weighted by atomic mass is 16.4. The SMILES string of the molecule is CC(C)(CCNC(=O)c1coc(-c2ccccc2)n1)C(=O)O. The molecular weight excluding hydrogens is 284 g/mol. The predicted molar refractivity (Wildman–Crippen MR) is 80.3 cm³/mol. The average Bonchev–Trinajstić information content (AvgIpc) is 2.97. The summed E-state index contributed by atoms with van der Waals surface area (Å²) in [5.41, 5.74) is 0.0762. The first-order valence-corrected chi connectivity index (χ1v) is 6.93. The molecular formula is C16H18N2O4. The molecule has 0 spiro atoms. The minimum Gasteiger partial charge on any atom is -0.481 e. The summed E-state index contributed by atoms with van der Waals surface area (Å²) in [4.78, 5) is 27.1. The second kappa shape index (κ2) is 6.43. The van der Waals surface area contributed by atoms with Gasteiger partial charge in [-0.15, -0.1) is 0 Å². The Morgan fingerprint density at radius 2 is 1.95 bits per heavy atom. The number of aliphatic carboxylic acids is 1. The lowest BCUT2D eigenvalue weighted by atomic mass is 9.90. The van der Waals surface area contributed by atoms with E-state index in [1.807, 2.05) is 30.3 Å². The van der Waals surface area contributed by atoms with Gasteiger partial charge in [-0.1, -0.05) is 18.2 Å². The fourth-order valence-electron chi connectivity index (χ4n) is 1.78. The maximum atomic E-state index is 12.0.